The lowest BCUT2D eigenvalue weighted by molar-refractivity contribution is -0.122. The summed E-state index contributed by atoms with van der Waals surface area (Å²) in [5, 5.41) is 12.9. The van der Waals surface area contributed by atoms with Gasteiger partial charge in [-0.05, 0) is 29.3 Å². The molecule has 0 bridgehead atoms. The second kappa shape index (κ2) is 12.0. The Morgan fingerprint density at radius 2 is 1.77 bits per heavy atom. The smallest absolute Gasteiger partial charge is 0.234 e. The number of nitrogens with one attached hydrogen (secondary N) is 1. The number of hydrogen-bond acceptors (Lipinski definition) is 5. The number of rotatable bonds is 9. The van der Waals surface area contributed by atoms with Gasteiger partial charge in [0.15, 0.2) is 0 Å². The normalized spacial score (nSPS) is 14.9. The quantitative estimate of drug-likeness (QED) is 0.603. The topological polar surface area (TPSA) is 59.4 Å². The molecule has 0 spiro atoms. The molecule has 1 amide bonds. The highest BCUT2D eigenvalue weighted by Gasteiger charge is 2.18. The van der Waals surface area contributed by atoms with Crippen LogP contribution in [0.4, 0.5) is 0 Å². The van der Waals surface area contributed by atoms with Crippen LogP contribution in [0.1, 0.15) is 16.7 Å². The Kier molecular flexibility index (Phi) is 9.03. The zero-order valence-electron chi connectivity index (χ0n) is 17.0. The summed E-state index contributed by atoms with van der Waals surface area (Å²) in [6, 6.07) is 17.9. The molecule has 0 saturated carbocycles. The van der Waals surface area contributed by atoms with Crippen molar-refractivity contribution in [3.63, 3.8) is 0 Å². The maximum atomic E-state index is 12.2. The van der Waals surface area contributed by atoms with Crippen LogP contribution in [0.25, 0.3) is 0 Å². The maximum Gasteiger partial charge on any atom is 0.234 e. The molecule has 2 aromatic rings. The molecule has 0 unspecified atom stereocenters. The molecule has 158 valence electrons. The van der Waals surface area contributed by atoms with Crippen LogP contribution in [0.2, 0.25) is 5.02 Å². The number of amides is 1. The predicted octanol–water partition coefficient (Wildman–Crippen LogP) is 3.38. The van der Waals surface area contributed by atoms with Gasteiger partial charge in [-0.2, -0.15) is 17.0 Å². The number of carbonyl (C=O) groups excluding carboxylic acids is 1. The van der Waals surface area contributed by atoms with E-state index in [4.69, 9.17) is 16.9 Å². The Morgan fingerprint density at radius 3 is 2.50 bits per heavy atom. The zero-order chi connectivity index (χ0) is 21.2. The summed E-state index contributed by atoms with van der Waals surface area (Å²) in [7, 11) is 0. The first kappa shape index (κ1) is 22.6. The fourth-order valence-electron chi connectivity index (χ4n) is 3.41. The van der Waals surface area contributed by atoms with Gasteiger partial charge in [0.05, 0.1) is 18.2 Å². The fourth-order valence-corrected chi connectivity index (χ4v) is 4.40. The van der Waals surface area contributed by atoms with Crippen LogP contribution in [-0.2, 0) is 17.1 Å². The van der Waals surface area contributed by atoms with Crippen LogP contribution in [0, 0.1) is 11.3 Å². The van der Waals surface area contributed by atoms with Crippen molar-refractivity contribution in [3.05, 3.63) is 70.2 Å². The number of benzene rings is 2. The summed E-state index contributed by atoms with van der Waals surface area (Å²) in [6.45, 7) is 5.75. The highest BCUT2D eigenvalue weighted by atomic mass is 35.5. The van der Waals surface area contributed by atoms with Gasteiger partial charge >= 0.3 is 0 Å². The largest absolute Gasteiger partial charge is 0.354 e. The van der Waals surface area contributed by atoms with Crippen molar-refractivity contribution in [2.24, 2.45) is 0 Å². The first-order valence-electron chi connectivity index (χ1n) is 10.2. The van der Waals surface area contributed by atoms with Crippen molar-refractivity contribution >= 4 is 29.3 Å². The summed E-state index contributed by atoms with van der Waals surface area (Å²) < 4.78 is 0. The Morgan fingerprint density at radius 1 is 1.07 bits per heavy atom. The molecule has 1 heterocycles. The minimum Gasteiger partial charge on any atom is -0.354 e. The lowest BCUT2D eigenvalue weighted by atomic mass is 10.1. The van der Waals surface area contributed by atoms with E-state index < -0.39 is 0 Å². The lowest BCUT2D eigenvalue weighted by Gasteiger charge is -2.34. The van der Waals surface area contributed by atoms with E-state index in [0.717, 1.165) is 60.4 Å². The van der Waals surface area contributed by atoms with E-state index in [1.54, 1.807) is 11.8 Å². The second-order valence-electron chi connectivity index (χ2n) is 7.35. The third-order valence-electron chi connectivity index (χ3n) is 5.12. The summed E-state index contributed by atoms with van der Waals surface area (Å²) in [6.07, 6.45) is 0. The number of nitriles is 1. The number of hydrogen-bond donors (Lipinski definition) is 1. The highest BCUT2D eigenvalue weighted by Crippen LogP contribution is 2.15. The van der Waals surface area contributed by atoms with Gasteiger partial charge < -0.3 is 5.32 Å². The Labute approximate surface area is 188 Å². The molecule has 0 aliphatic carbocycles. The van der Waals surface area contributed by atoms with E-state index >= 15 is 0 Å². The van der Waals surface area contributed by atoms with Crippen molar-refractivity contribution in [1.29, 1.82) is 5.26 Å². The van der Waals surface area contributed by atoms with E-state index in [1.165, 1.54) is 5.56 Å². The van der Waals surface area contributed by atoms with Crippen LogP contribution in [0.5, 0.6) is 0 Å². The summed E-state index contributed by atoms with van der Waals surface area (Å²) in [5.41, 5.74) is 3.04. The van der Waals surface area contributed by atoms with Crippen molar-refractivity contribution in [1.82, 2.24) is 15.1 Å². The molecule has 1 fully saturated rings. The predicted molar refractivity (Wildman–Crippen MR) is 123 cm³/mol. The number of thioether (sulfide) groups is 1. The molecule has 1 aliphatic rings. The van der Waals surface area contributed by atoms with Gasteiger partial charge in [0, 0.05) is 55.8 Å². The van der Waals surface area contributed by atoms with Crippen molar-refractivity contribution in [2.45, 2.75) is 12.3 Å². The summed E-state index contributed by atoms with van der Waals surface area (Å²) in [4.78, 5) is 16.8. The van der Waals surface area contributed by atoms with Gasteiger partial charge in [-0.1, -0.05) is 41.9 Å². The van der Waals surface area contributed by atoms with Crippen molar-refractivity contribution in [2.75, 3.05) is 45.0 Å². The van der Waals surface area contributed by atoms with Gasteiger partial charge in [-0.25, -0.2) is 0 Å². The van der Waals surface area contributed by atoms with Crippen LogP contribution < -0.4 is 5.32 Å². The van der Waals surface area contributed by atoms with Gasteiger partial charge in [-0.3, -0.25) is 14.6 Å². The van der Waals surface area contributed by atoms with Gasteiger partial charge in [-0.15, -0.1) is 0 Å². The molecule has 30 heavy (non-hydrogen) atoms. The molecule has 1 saturated heterocycles. The Balaban J connectivity index is 1.28. The Bertz CT molecular complexity index is 860. The standard InChI is InChI=1S/C23H27ClN4OS/c24-22-7-5-19(6-8-22)16-27-10-12-28(13-11-27)17-23(29)26-9-14-30-18-21-4-2-1-3-20(21)15-25/h1-8H,9-14,16-18H2,(H,26,29). The minimum atomic E-state index is 0.0826. The molecule has 1 N–H and O–H groups in total. The van der Waals surface area contributed by atoms with E-state index in [2.05, 4.69) is 33.3 Å². The van der Waals surface area contributed by atoms with Gasteiger partial charge in [0.1, 0.15) is 0 Å². The van der Waals surface area contributed by atoms with Crippen molar-refractivity contribution in [3.8, 4) is 6.07 Å². The maximum absolute atomic E-state index is 12.2. The third kappa shape index (κ3) is 7.33. The second-order valence-corrected chi connectivity index (χ2v) is 8.89. The Hall–Kier alpha value is -2.04. The summed E-state index contributed by atoms with van der Waals surface area (Å²) >= 11 is 7.68. The van der Waals surface area contributed by atoms with Crippen LogP contribution in [0.3, 0.4) is 0 Å². The molecule has 1 aliphatic heterocycles. The SMILES string of the molecule is N#Cc1ccccc1CSCCNC(=O)CN1CCN(Cc2ccc(Cl)cc2)CC1. The molecule has 0 aromatic heterocycles. The lowest BCUT2D eigenvalue weighted by Crippen LogP contribution is -2.49. The number of halogens is 1. The molecular weight excluding hydrogens is 416 g/mol. The number of piperazine rings is 1. The highest BCUT2D eigenvalue weighted by molar-refractivity contribution is 7.98. The van der Waals surface area contributed by atoms with Crippen LogP contribution in [0.15, 0.2) is 48.5 Å². The average Bonchev–Trinajstić information content (AvgIpc) is 2.77. The van der Waals surface area contributed by atoms with Crippen LogP contribution >= 0.6 is 23.4 Å². The minimum absolute atomic E-state index is 0.0826. The molecule has 2 aromatic carbocycles. The fraction of sp³-hybridized carbons (Fsp3) is 0.391. The van der Waals surface area contributed by atoms with E-state index in [1.807, 2.05) is 36.4 Å². The van der Waals surface area contributed by atoms with Gasteiger partial charge in [0.2, 0.25) is 5.91 Å². The molecule has 7 heteroatoms. The molecular formula is C23H27ClN4OS. The van der Waals surface area contributed by atoms with Crippen LogP contribution in [-0.4, -0.2) is 60.7 Å². The molecule has 3 rings (SSSR count). The zero-order valence-corrected chi connectivity index (χ0v) is 18.6. The van der Waals surface area contributed by atoms with Crippen molar-refractivity contribution < 1.29 is 4.79 Å². The first-order chi connectivity index (χ1) is 14.6. The summed E-state index contributed by atoms with van der Waals surface area (Å²) in [5.74, 6) is 1.70. The van der Waals surface area contributed by atoms with E-state index in [-0.39, 0.29) is 5.91 Å². The monoisotopic (exact) mass is 442 g/mol. The first-order valence-corrected chi connectivity index (χ1v) is 11.7. The third-order valence-corrected chi connectivity index (χ3v) is 6.38. The number of nitrogens with zero attached hydrogens (tertiary/aromatic N) is 3. The van der Waals surface area contributed by atoms with E-state index in [0.29, 0.717) is 13.1 Å². The van der Waals surface area contributed by atoms with E-state index in [9.17, 15) is 4.79 Å². The number of carbonyl (C=O) groups is 1. The molecule has 5 nitrogen and oxygen atoms in total. The van der Waals surface area contributed by atoms with Gasteiger partial charge in [0.25, 0.3) is 0 Å². The molecule has 0 atom stereocenters. The average molecular weight is 443 g/mol. The molecule has 0 radical (unpaired) electrons.